The van der Waals surface area contributed by atoms with E-state index in [1.54, 1.807) is 11.3 Å². The maximum absolute atomic E-state index is 12.4. The molecule has 0 aliphatic carbocycles. The van der Waals surface area contributed by atoms with Gasteiger partial charge in [-0.25, -0.2) is 9.50 Å². The zero-order valence-electron chi connectivity index (χ0n) is 15.7. The van der Waals surface area contributed by atoms with Gasteiger partial charge in [0.15, 0.2) is 0 Å². The molecule has 2 aromatic heterocycles. The summed E-state index contributed by atoms with van der Waals surface area (Å²) in [6.45, 7) is 7.94. The van der Waals surface area contributed by atoms with Gasteiger partial charge < -0.3 is 10.2 Å². The number of imidazole rings is 1. The van der Waals surface area contributed by atoms with E-state index >= 15 is 0 Å². The molecule has 0 saturated carbocycles. The van der Waals surface area contributed by atoms with Crippen molar-refractivity contribution >= 4 is 33.0 Å². The fraction of sp³-hybridized carbons (Fsp3) is 0.421. The first-order valence-electron chi connectivity index (χ1n) is 9.30. The minimum atomic E-state index is 0.0487. The quantitative estimate of drug-likeness (QED) is 0.732. The van der Waals surface area contributed by atoms with Crippen LogP contribution >= 0.6 is 11.3 Å². The molecule has 142 valence electrons. The van der Waals surface area contributed by atoms with E-state index in [4.69, 9.17) is 0 Å². The van der Waals surface area contributed by atoms with Gasteiger partial charge in [-0.15, -0.1) is 5.10 Å². The van der Waals surface area contributed by atoms with E-state index in [1.165, 1.54) is 5.56 Å². The largest absolute Gasteiger partial charge is 0.344 e. The molecule has 7 nitrogen and oxygen atoms in total. The first-order valence-corrected chi connectivity index (χ1v) is 10.1. The van der Waals surface area contributed by atoms with E-state index < -0.39 is 0 Å². The number of piperazine rings is 1. The van der Waals surface area contributed by atoms with E-state index in [2.05, 4.69) is 38.2 Å². The van der Waals surface area contributed by atoms with Gasteiger partial charge in [0.2, 0.25) is 16.0 Å². The highest BCUT2D eigenvalue weighted by molar-refractivity contribution is 7.20. The molecule has 1 aliphatic rings. The number of hydrogen-bond acceptors (Lipinski definition) is 6. The molecule has 1 aromatic carbocycles. The normalized spacial score (nSPS) is 15.4. The monoisotopic (exact) mass is 384 g/mol. The fourth-order valence-electron chi connectivity index (χ4n) is 3.37. The van der Waals surface area contributed by atoms with Crippen LogP contribution in [0.15, 0.2) is 30.5 Å². The van der Waals surface area contributed by atoms with E-state index in [1.807, 2.05) is 35.8 Å². The summed E-state index contributed by atoms with van der Waals surface area (Å²) in [6.07, 6.45) is 2.86. The molecular weight excluding hydrogens is 360 g/mol. The Balaban J connectivity index is 1.31. The van der Waals surface area contributed by atoms with Gasteiger partial charge >= 0.3 is 0 Å². The zero-order valence-corrected chi connectivity index (χ0v) is 16.5. The molecule has 3 heterocycles. The molecule has 0 radical (unpaired) electrons. The highest BCUT2D eigenvalue weighted by atomic mass is 32.1. The summed E-state index contributed by atoms with van der Waals surface area (Å²) < 4.78 is 1.85. The zero-order chi connectivity index (χ0) is 18.8. The molecule has 1 fully saturated rings. The van der Waals surface area contributed by atoms with Gasteiger partial charge in [0, 0.05) is 31.9 Å². The average Bonchev–Trinajstić information content (AvgIpc) is 3.20. The van der Waals surface area contributed by atoms with Gasteiger partial charge in [0.05, 0.1) is 18.4 Å². The van der Waals surface area contributed by atoms with Gasteiger partial charge in [0.1, 0.15) is 0 Å². The summed E-state index contributed by atoms with van der Waals surface area (Å²) in [5.41, 5.74) is 3.07. The lowest BCUT2D eigenvalue weighted by Crippen LogP contribution is -2.48. The molecule has 0 bridgehead atoms. The van der Waals surface area contributed by atoms with E-state index in [9.17, 15) is 4.79 Å². The van der Waals surface area contributed by atoms with Crippen LogP contribution in [0.2, 0.25) is 0 Å². The van der Waals surface area contributed by atoms with E-state index in [0.29, 0.717) is 6.54 Å². The van der Waals surface area contributed by atoms with Crippen LogP contribution in [0, 0.1) is 6.92 Å². The first-order chi connectivity index (χ1) is 13.1. The van der Waals surface area contributed by atoms with Crippen LogP contribution in [0.5, 0.6) is 0 Å². The number of rotatable bonds is 5. The molecule has 8 heteroatoms. The Labute approximate surface area is 162 Å². The second kappa shape index (κ2) is 7.66. The Kier molecular flexibility index (Phi) is 5.09. The van der Waals surface area contributed by atoms with Crippen molar-refractivity contribution in [3.8, 4) is 0 Å². The third-order valence-corrected chi connectivity index (χ3v) is 5.82. The summed E-state index contributed by atoms with van der Waals surface area (Å²) >= 11 is 1.61. The molecular formula is C19H24N6OS. The third kappa shape index (κ3) is 3.96. The maximum atomic E-state index is 12.4. The highest BCUT2D eigenvalue weighted by Gasteiger charge is 2.22. The number of carbonyl (C=O) groups excluding carboxylic acids is 1. The van der Waals surface area contributed by atoms with Gasteiger partial charge in [-0.3, -0.25) is 9.69 Å². The minimum Gasteiger partial charge on any atom is -0.344 e. The number of para-hydroxylation sites is 1. The number of nitrogens with one attached hydrogen (secondary N) is 1. The van der Waals surface area contributed by atoms with Crippen LogP contribution in [-0.4, -0.2) is 58.1 Å². The average molecular weight is 385 g/mol. The Hall–Kier alpha value is -2.45. The van der Waals surface area contributed by atoms with Crippen LogP contribution in [0.25, 0.3) is 4.96 Å². The minimum absolute atomic E-state index is 0.0487. The van der Waals surface area contributed by atoms with Crippen molar-refractivity contribution in [2.24, 2.45) is 0 Å². The van der Waals surface area contributed by atoms with Gasteiger partial charge in [-0.1, -0.05) is 36.5 Å². The number of benzene rings is 1. The Morgan fingerprint density at radius 2 is 2.00 bits per heavy atom. The van der Waals surface area contributed by atoms with Gasteiger partial charge in [-0.2, -0.15) is 0 Å². The topological polar surface area (TPSA) is 65.8 Å². The second-order valence-corrected chi connectivity index (χ2v) is 7.75. The van der Waals surface area contributed by atoms with Gasteiger partial charge in [0.25, 0.3) is 0 Å². The lowest BCUT2D eigenvalue weighted by atomic mass is 10.1. The predicted octanol–water partition coefficient (Wildman–Crippen LogP) is 2.42. The number of anilines is 2. The molecule has 1 aliphatic heterocycles. The molecule has 1 N–H and O–H groups in total. The van der Waals surface area contributed by atoms with Crippen molar-refractivity contribution in [3.05, 3.63) is 41.7 Å². The molecule has 0 atom stereocenters. The summed E-state index contributed by atoms with van der Waals surface area (Å²) in [7, 11) is 0. The number of nitrogens with zero attached hydrogens (tertiary/aromatic N) is 5. The molecule has 1 saturated heterocycles. The molecule has 4 rings (SSSR count). The number of fused-ring (bicyclic) bond motifs is 1. The number of hydrogen-bond donors (Lipinski definition) is 1. The van der Waals surface area contributed by atoms with Crippen molar-refractivity contribution in [2.45, 2.75) is 20.3 Å². The molecule has 27 heavy (non-hydrogen) atoms. The molecule has 0 unspecified atom stereocenters. The highest BCUT2D eigenvalue weighted by Crippen LogP contribution is 2.24. The summed E-state index contributed by atoms with van der Waals surface area (Å²) in [6, 6.07) is 7.99. The molecule has 0 spiro atoms. The Bertz CT molecular complexity index is 909. The van der Waals surface area contributed by atoms with Gasteiger partial charge in [-0.05, 0) is 25.0 Å². The number of aryl methyl sites for hydroxylation is 2. The maximum Gasteiger partial charge on any atom is 0.238 e. The SMILES string of the molecule is CCc1ccccc1NC(=O)CN1CCN(c2nn3cc(C)nc3s2)CC1. The predicted molar refractivity (Wildman–Crippen MR) is 109 cm³/mol. The lowest BCUT2D eigenvalue weighted by molar-refractivity contribution is -0.117. The van der Waals surface area contributed by atoms with Crippen LogP contribution in [-0.2, 0) is 11.2 Å². The second-order valence-electron chi connectivity index (χ2n) is 6.82. The van der Waals surface area contributed by atoms with Crippen LogP contribution < -0.4 is 10.2 Å². The van der Waals surface area contributed by atoms with Crippen LogP contribution in [0.4, 0.5) is 10.8 Å². The van der Waals surface area contributed by atoms with Crippen LogP contribution in [0.1, 0.15) is 18.2 Å². The van der Waals surface area contributed by atoms with Crippen LogP contribution in [0.3, 0.4) is 0 Å². The van der Waals surface area contributed by atoms with Crippen molar-refractivity contribution in [1.82, 2.24) is 19.5 Å². The first kappa shape index (κ1) is 17.9. The van der Waals surface area contributed by atoms with Crippen molar-refractivity contribution < 1.29 is 4.79 Å². The van der Waals surface area contributed by atoms with E-state index in [0.717, 1.165) is 54.1 Å². The third-order valence-electron chi connectivity index (χ3n) is 4.84. The number of aromatic nitrogens is 3. The number of amides is 1. The summed E-state index contributed by atoms with van der Waals surface area (Å²) in [4.78, 5) is 22.3. The lowest BCUT2D eigenvalue weighted by Gasteiger charge is -2.33. The Morgan fingerprint density at radius 3 is 2.74 bits per heavy atom. The molecule has 3 aromatic rings. The van der Waals surface area contributed by atoms with Crippen molar-refractivity contribution in [3.63, 3.8) is 0 Å². The summed E-state index contributed by atoms with van der Waals surface area (Å²) in [5, 5.41) is 8.67. The summed E-state index contributed by atoms with van der Waals surface area (Å²) in [5.74, 6) is 0.0487. The Morgan fingerprint density at radius 1 is 1.22 bits per heavy atom. The van der Waals surface area contributed by atoms with Crippen molar-refractivity contribution in [1.29, 1.82) is 0 Å². The van der Waals surface area contributed by atoms with E-state index in [-0.39, 0.29) is 5.91 Å². The van der Waals surface area contributed by atoms with Crippen molar-refractivity contribution in [2.75, 3.05) is 42.9 Å². The standard InChI is InChI=1S/C19H24N6OS/c1-3-15-6-4-5-7-16(15)21-17(26)13-23-8-10-24(11-9-23)19-22-25-12-14(2)20-18(25)27-19/h4-7,12H,3,8-11,13H2,1-2H3,(H,21,26). The fourth-order valence-corrected chi connectivity index (χ4v) is 4.35. The smallest absolute Gasteiger partial charge is 0.238 e. The number of carbonyl (C=O) groups is 1. The molecule has 1 amide bonds.